The molecule has 0 amide bonds. The fourth-order valence-corrected chi connectivity index (χ4v) is 1.77. The Bertz CT molecular complexity index is 379. The van der Waals surface area contributed by atoms with E-state index in [2.05, 4.69) is 27.2 Å². The Labute approximate surface area is 102 Å². The van der Waals surface area contributed by atoms with Gasteiger partial charge < -0.3 is 15.0 Å². The number of methoxy groups -OCH3 is 1. The second kappa shape index (κ2) is 5.31. The number of nitrogens with one attached hydrogen (secondary N) is 1. The molecule has 5 nitrogen and oxygen atoms in total. The van der Waals surface area contributed by atoms with Crippen LogP contribution in [0.2, 0.25) is 0 Å². The average molecular weight is 236 g/mol. The topological polar surface area (TPSA) is 50.3 Å². The molecule has 0 bridgehead atoms. The lowest BCUT2D eigenvalue weighted by Gasteiger charge is -2.15. The molecule has 0 unspecified atom stereocenters. The van der Waals surface area contributed by atoms with Gasteiger partial charge in [-0.1, -0.05) is 0 Å². The normalized spacial score (nSPS) is 15.1. The van der Waals surface area contributed by atoms with E-state index in [-0.39, 0.29) is 0 Å². The summed E-state index contributed by atoms with van der Waals surface area (Å²) in [7, 11) is 3.78. The summed E-state index contributed by atoms with van der Waals surface area (Å²) in [5, 5.41) is 3.23. The maximum Gasteiger partial charge on any atom is 0.226 e. The van der Waals surface area contributed by atoms with Crippen molar-refractivity contribution in [2.24, 2.45) is 0 Å². The van der Waals surface area contributed by atoms with Gasteiger partial charge in [0.25, 0.3) is 0 Å². The lowest BCUT2D eigenvalue weighted by atomic mass is 10.4. The van der Waals surface area contributed by atoms with Gasteiger partial charge in [0.2, 0.25) is 11.8 Å². The van der Waals surface area contributed by atoms with E-state index in [0.29, 0.717) is 11.8 Å². The number of nitrogens with zero attached hydrogens (tertiary/aromatic N) is 3. The van der Waals surface area contributed by atoms with Crippen LogP contribution in [-0.2, 0) is 0 Å². The fourth-order valence-electron chi connectivity index (χ4n) is 1.77. The zero-order valence-electron chi connectivity index (χ0n) is 10.7. The molecule has 1 fully saturated rings. The summed E-state index contributed by atoms with van der Waals surface area (Å²) in [6.07, 6.45) is 2.68. The van der Waals surface area contributed by atoms with Crippen molar-refractivity contribution in [1.29, 1.82) is 0 Å². The van der Waals surface area contributed by atoms with Crippen LogP contribution in [0.1, 0.15) is 18.5 Å². The SMILES string of the molecule is COc1cc(C)nc(NCCN(C)C2CC2)n1. The Morgan fingerprint density at radius 1 is 1.47 bits per heavy atom. The molecule has 2 rings (SSSR count). The first kappa shape index (κ1) is 12.1. The quantitative estimate of drug-likeness (QED) is 0.807. The minimum atomic E-state index is 0.607. The van der Waals surface area contributed by atoms with Crippen LogP contribution in [0.4, 0.5) is 5.95 Å². The summed E-state index contributed by atoms with van der Waals surface area (Å²) in [6.45, 7) is 3.82. The Hall–Kier alpha value is -1.36. The number of rotatable bonds is 6. The molecule has 0 spiro atoms. The van der Waals surface area contributed by atoms with Crippen LogP contribution in [0.25, 0.3) is 0 Å². The van der Waals surface area contributed by atoms with Crippen LogP contribution in [0.15, 0.2) is 6.07 Å². The van der Waals surface area contributed by atoms with E-state index in [1.54, 1.807) is 7.11 Å². The molecule has 0 saturated heterocycles. The second-order valence-corrected chi connectivity index (χ2v) is 4.51. The molecule has 94 valence electrons. The highest BCUT2D eigenvalue weighted by molar-refractivity contribution is 5.30. The van der Waals surface area contributed by atoms with Gasteiger partial charge in [0.1, 0.15) is 0 Å². The van der Waals surface area contributed by atoms with Gasteiger partial charge in [-0.3, -0.25) is 0 Å². The minimum Gasteiger partial charge on any atom is -0.481 e. The third kappa shape index (κ3) is 3.56. The third-order valence-electron chi connectivity index (χ3n) is 2.96. The molecule has 1 heterocycles. The number of aryl methyl sites for hydroxylation is 1. The first-order chi connectivity index (χ1) is 8.19. The summed E-state index contributed by atoms with van der Waals surface area (Å²) in [5.41, 5.74) is 0.912. The van der Waals surface area contributed by atoms with E-state index < -0.39 is 0 Å². The molecule has 0 aromatic carbocycles. The van der Waals surface area contributed by atoms with Crippen LogP contribution in [-0.4, -0.2) is 48.2 Å². The van der Waals surface area contributed by atoms with E-state index >= 15 is 0 Å². The summed E-state index contributed by atoms with van der Waals surface area (Å²) in [6, 6.07) is 2.62. The number of likely N-dealkylation sites (N-methyl/N-ethyl adjacent to an activating group) is 1. The highest BCUT2D eigenvalue weighted by Gasteiger charge is 2.25. The molecular formula is C12H20N4O. The van der Waals surface area contributed by atoms with Gasteiger partial charge >= 0.3 is 0 Å². The van der Waals surface area contributed by atoms with Crippen molar-refractivity contribution in [2.75, 3.05) is 32.6 Å². The first-order valence-corrected chi connectivity index (χ1v) is 6.03. The monoisotopic (exact) mass is 236 g/mol. The number of anilines is 1. The molecule has 1 N–H and O–H groups in total. The van der Waals surface area contributed by atoms with Crippen LogP contribution >= 0.6 is 0 Å². The smallest absolute Gasteiger partial charge is 0.226 e. The molecule has 1 aliphatic carbocycles. The maximum absolute atomic E-state index is 5.11. The highest BCUT2D eigenvalue weighted by atomic mass is 16.5. The molecule has 5 heteroatoms. The Kier molecular flexibility index (Phi) is 3.78. The van der Waals surface area contributed by atoms with Crippen LogP contribution in [0.5, 0.6) is 5.88 Å². The molecular weight excluding hydrogens is 216 g/mol. The van der Waals surface area contributed by atoms with E-state index in [1.165, 1.54) is 12.8 Å². The zero-order chi connectivity index (χ0) is 12.3. The number of aromatic nitrogens is 2. The van der Waals surface area contributed by atoms with Crippen molar-refractivity contribution in [3.05, 3.63) is 11.8 Å². The van der Waals surface area contributed by atoms with E-state index in [0.717, 1.165) is 24.8 Å². The number of hydrogen-bond donors (Lipinski definition) is 1. The summed E-state index contributed by atoms with van der Waals surface area (Å²) < 4.78 is 5.11. The van der Waals surface area contributed by atoms with Crippen molar-refractivity contribution in [3.63, 3.8) is 0 Å². The third-order valence-corrected chi connectivity index (χ3v) is 2.96. The fraction of sp³-hybridized carbons (Fsp3) is 0.667. The second-order valence-electron chi connectivity index (χ2n) is 4.51. The first-order valence-electron chi connectivity index (χ1n) is 6.03. The van der Waals surface area contributed by atoms with Crippen LogP contribution in [0.3, 0.4) is 0 Å². The van der Waals surface area contributed by atoms with Crippen LogP contribution < -0.4 is 10.1 Å². The summed E-state index contributed by atoms with van der Waals surface area (Å²) in [5.74, 6) is 1.25. The number of hydrogen-bond acceptors (Lipinski definition) is 5. The van der Waals surface area contributed by atoms with Gasteiger partial charge in [-0.25, -0.2) is 4.98 Å². The Morgan fingerprint density at radius 2 is 2.24 bits per heavy atom. The van der Waals surface area contributed by atoms with Crippen molar-refractivity contribution in [1.82, 2.24) is 14.9 Å². The van der Waals surface area contributed by atoms with Crippen molar-refractivity contribution >= 4 is 5.95 Å². The van der Waals surface area contributed by atoms with Crippen LogP contribution in [0, 0.1) is 6.92 Å². The van der Waals surface area contributed by atoms with E-state index in [1.807, 2.05) is 13.0 Å². The highest BCUT2D eigenvalue weighted by Crippen LogP contribution is 2.24. The molecule has 1 aromatic heterocycles. The zero-order valence-corrected chi connectivity index (χ0v) is 10.7. The van der Waals surface area contributed by atoms with Crippen molar-refractivity contribution in [3.8, 4) is 5.88 Å². The largest absolute Gasteiger partial charge is 0.481 e. The molecule has 0 radical (unpaired) electrons. The standard InChI is InChI=1S/C12H20N4O/c1-9-8-11(17-3)15-12(14-9)13-6-7-16(2)10-4-5-10/h8,10H,4-7H2,1-3H3,(H,13,14,15). The van der Waals surface area contributed by atoms with Gasteiger partial charge in [-0.2, -0.15) is 4.98 Å². The predicted octanol–water partition coefficient (Wildman–Crippen LogP) is 1.30. The Morgan fingerprint density at radius 3 is 2.88 bits per heavy atom. The molecule has 0 atom stereocenters. The minimum absolute atomic E-state index is 0.607. The van der Waals surface area contributed by atoms with Crippen molar-refractivity contribution < 1.29 is 4.74 Å². The molecule has 17 heavy (non-hydrogen) atoms. The lowest BCUT2D eigenvalue weighted by Crippen LogP contribution is -2.27. The molecule has 1 aromatic rings. The van der Waals surface area contributed by atoms with Gasteiger partial charge in [0.15, 0.2) is 0 Å². The Balaban J connectivity index is 1.83. The summed E-state index contributed by atoms with van der Waals surface area (Å²) >= 11 is 0. The van der Waals surface area contributed by atoms with Gasteiger partial charge in [-0.15, -0.1) is 0 Å². The molecule has 1 aliphatic rings. The molecule has 0 aliphatic heterocycles. The lowest BCUT2D eigenvalue weighted by molar-refractivity contribution is 0.337. The number of ether oxygens (including phenoxy) is 1. The van der Waals surface area contributed by atoms with E-state index in [4.69, 9.17) is 4.74 Å². The molecule has 1 saturated carbocycles. The van der Waals surface area contributed by atoms with Gasteiger partial charge in [-0.05, 0) is 26.8 Å². The summed E-state index contributed by atoms with van der Waals surface area (Å²) in [4.78, 5) is 10.9. The average Bonchev–Trinajstić information content (AvgIpc) is 3.12. The predicted molar refractivity (Wildman–Crippen MR) is 67.5 cm³/mol. The van der Waals surface area contributed by atoms with Crippen molar-refractivity contribution in [2.45, 2.75) is 25.8 Å². The van der Waals surface area contributed by atoms with Gasteiger partial charge in [0, 0.05) is 30.9 Å². The maximum atomic E-state index is 5.11. The van der Waals surface area contributed by atoms with Gasteiger partial charge in [0.05, 0.1) is 7.11 Å². The van der Waals surface area contributed by atoms with E-state index in [9.17, 15) is 0 Å².